The minimum atomic E-state index is -2.27. The highest BCUT2D eigenvalue weighted by atomic mass is 28.4. The highest BCUT2D eigenvalue weighted by Crippen LogP contribution is 2.65. The van der Waals surface area contributed by atoms with Gasteiger partial charge in [-0.15, -0.1) is 0 Å². The molecule has 1 aromatic carbocycles. The number of carbonyl (C=O) groups excluding carboxylic acids is 4. The molecule has 1 saturated heterocycles. The summed E-state index contributed by atoms with van der Waals surface area (Å²) in [4.78, 5) is 54.8. The smallest absolute Gasteiger partial charge is 0.338 e. The van der Waals surface area contributed by atoms with Crippen molar-refractivity contribution in [3.8, 4) is 0 Å². The van der Waals surface area contributed by atoms with Gasteiger partial charge in [-0.1, -0.05) is 45.9 Å². The lowest BCUT2D eigenvalue weighted by molar-refractivity contribution is -0.340. The lowest BCUT2D eigenvalue weighted by Gasteiger charge is -2.68. The highest BCUT2D eigenvalue weighted by molar-refractivity contribution is 6.69. The topological polar surface area (TPSA) is 135 Å². The van der Waals surface area contributed by atoms with E-state index in [1.807, 2.05) is 33.5 Å². The third-order valence-corrected chi connectivity index (χ3v) is 12.1. The maximum atomic E-state index is 15.3. The fraction of sp³-hybridized carbons (Fsp3) is 0.657. The Morgan fingerprint density at radius 3 is 2.15 bits per heavy atom. The summed E-state index contributed by atoms with van der Waals surface area (Å²) >= 11 is 0. The lowest BCUT2D eigenvalue weighted by atomic mass is 9.43. The Morgan fingerprint density at radius 2 is 1.63 bits per heavy atom. The second-order valence-corrected chi connectivity index (χ2v) is 19.8. The molecule has 1 N–H and O–H groups in total. The van der Waals surface area contributed by atoms with Gasteiger partial charge in [0, 0.05) is 31.1 Å². The molecule has 4 aliphatic rings. The minimum absolute atomic E-state index is 0.0238. The zero-order valence-corrected chi connectivity index (χ0v) is 29.6. The van der Waals surface area contributed by atoms with Crippen LogP contribution in [0.4, 0.5) is 0 Å². The molecule has 0 radical (unpaired) electrons. The summed E-state index contributed by atoms with van der Waals surface area (Å²) in [5.41, 5.74) is -4.57. The van der Waals surface area contributed by atoms with Gasteiger partial charge in [0.2, 0.25) is 0 Å². The van der Waals surface area contributed by atoms with Crippen LogP contribution in [0.3, 0.4) is 0 Å². The largest absolute Gasteiger partial charge is 0.455 e. The summed E-state index contributed by atoms with van der Waals surface area (Å²) in [7, 11) is -2.27. The summed E-state index contributed by atoms with van der Waals surface area (Å²) in [6.45, 7) is 17.7. The van der Waals surface area contributed by atoms with Gasteiger partial charge in [-0.25, -0.2) is 4.79 Å². The monoisotopic (exact) mass is 656 g/mol. The molecule has 2 bridgehead atoms. The molecular weight excluding hydrogens is 608 g/mol. The number of benzene rings is 1. The van der Waals surface area contributed by atoms with E-state index in [0.717, 1.165) is 0 Å². The number of fused-ring (bicyclic) bond motifs is 5. The van der Waals surface area contributed by atoms with Crippen LogP contribution >= 0.6 is 0 Å². The van der Waals surface area contributed by atoms with Gasteiger partial charge in [-0.3, -0.25) is 14.4 Å². The molecule has 11 heteroatoms. The standard InChI is InChI=1S/C35H48O10Si/c1-19-16-25-34(18-41-25,44-22(4)37)28-30(43-31(39)23-14-12-11-13-15-23)35(40)17-24(45-46(8,9)10)20(2)26(32(35,5)6)27(42-21(3)36)29(38)33(19,28)7/h11-15,19,24-25,27-28,30,40H,16-18H2,1-10H3/t19-,24-,25+,27+,28?,30-,33+,34-,35+/m0/s1. The molecule has 1 heterocycles. The van der Waals surface area contributed by atoms with E-state index in [9.17, 15) is 19.5 Å². The van der Waals surface area contributed by atoms with E-state index in [0.29, 0.717) is 17.6 Å². The summed E-state index contributed by atoms with van der Waals surface area (Å²) in [6.07, 6.45) is -3.63. The Kier molecular flexibility index (Phi) is 8.53. The van der Waals surface area contributed by atoms with Crippen LogP contribution < -0.4 is 0 Å². The van der Waals surface area contributed by atoms with Gasteiger partial charge in [0.05, 0.1) is 24.2 Å². The molecule has 0 amide bonds. The molecule has 5 rings (SSSR count). The van der Waals surface area contributed by atoms with Crippen LogP contribution in [0.2, 0.25) is 19.6 Å². The SMILES string of the molecule is CC(=O)O[C@H]1C(=O)[C@@]2(C)C([C@H](OC(=O)c3ccccc3)[C@]3(O)C[C@H](O[Si](C)(C)C)C(C)=C1C3(C)C)[C@]1(OC(C)=O)CO[C@@H]1C[C@@H]2C. The fourth-order valence-corrected chi connectivity index (χ4v) is 9.85. The van der Waals surface area contributed by atoms with Crippen LogP contribution in [-0.2, 0) is 37.8 Å². The van der Waals surface area contributed by atoms with Crippen molar-refractivity contribution in [2.45, 2.75) is 117 Å². The first kappa shape index (κ1) is 34.5. The molecule has 0 spiro atoms. The van der Waals surface area contributed by atoms with Gasteiger partial charge < -0.3 is 28.5 Å². The van der Waals surface area contributed by atoms with Crippen LogP contribution in [0.15, 0.2) is 41.5 Å². The number of Topliss-reactive ketones (excluding diaryl/α,β-unsaturated/α-hetero) is 1. The Balaban J connectivity index is 1.86. The number of hydrogen-bond donors (Lipinski definition) is 1. The molecule has 252 valence electrons. The third kappa shape index (κ3) is 5.18. The van der Waals surface area contributed by atoms with Gasteiger partial charge in [-0.05, 0) is 62.2 Å². The third-order valence-electron chi connectivity index (χ3n) is 11.1. The van der Waals surface area contributed by atoms with Crippen molar-refractivity contribution in [2.75, 3.05) is 6.61 Å². The predicted molar refractivity (Wildman–Crippen MR) is 170 cm³/mol. The van der Waals surface area contributed by atoms with E-state index in [1.165, 1.54) is 13.8 Å². The molecule has 1 aliphatic heterocycles. The first-order valence-corrected chi connectivity index (χ1v) is 19.5. The van der Waals surface area contributed by atoms with Gasteiger partial charge in [0.15, 0.2) is 25.8 Å². The highest BCUT2D eigenvalue weighted by Gasteiger charge is 2.77. The normalized spacial score (nSPS) is 38.3. The maximum absolute atomic E-state index is 15.3. The van der Waals surface area contributed by atoms with E-state index >= 15 is 4.79 Å². The Morgan fingerprint density at radius 1 is 1.00 bits per heavy atom. The van der Waals surface area contributed by atoms with Gasteiger partial charge >= 0.3 is 17.9 Å². The second-order valence-electron chi connectivity index (χ2n) is 15.4. The van der Waals surface area contributed by atoms with E-state index in [-0.39, 0.29) is 18.6 Å². The summed E-state index contributed by atoms with van der Waals surface area (Å²) in [6, 6.07) is 8.45. The van der Waals surface area contributed by atoms with Gasteiger partial charge in [0.1, 0.15) is 17.8 Å². The number of esters is 3. The molecule has 1 unspecified atom stereocenters. The summed E-state index contributed by atoms with van der Waals surface area (Å²) in [5.74, 6) is -3.81. The fourth-order valence-electron chi connectivity index (χ4n) is 8.74. The number of rotatable bonds is 6. The number of hydrogen-bond acceptors (Lipinski definition) is 10. The molecule has 3 fully saturated rings. The molecule has 10 nitrogen and oxygen atoms in total. The van der Waals surface area contributed by atoms with Crippen LogP contribution in [0.5, 0.6) is 0 Å². The molecule has 3 aliphatic carbocycles. The average molecular weight is 657 g/mol. The summed E-state index contributed by atoms with van der Waals surface area (Å²) < 4.78 is 31.3. The minimum Gasteiger partial charge on any atom is -0.455 e. The van der Waals surface area contributed by atoms with Crippen molar-refractivity contribution in [2.24, 2.45) is 22.7 Å². The van der Waals surface area contributed by atoms with E-state index in [2.05, 4.69) is 0 Å². The van der Waals surface area contributed by atoms with E-state index in [1.54, 1.807) is 51.1 Å². The number of ketones is 1. The average Bonchev–Trinajstić information content (AvgIpc) is 2.94. The Hall–Kier alpha value is -2.86. The number of carbonyl (C=O) groups is 4. The lowest BCUT2D eigenvalue weighted by Crippen LogP contribution is -2.81. The Labute approximate surface area is 272 Å². The molecule has 0 aromatic heterocycles. The Bertz CT molecular complexity index is 1460. The molecule has 46 heavy (non-hydrogen) atoms. The van der Waals surface area contributed by atoms with Crippen molar-refractivity contribution in [1.29, 1.82) is 0 Å². The van der Waals surface area contributed by atoms with Crippen molar-refractivity contribution in [1.82, 2.24) is 0 Å². The summed E-state index contributed by atoms with van der Waals surface area (Å²) in [5, 5.41) is 13.4. The zero-order chi connectivity index (χ0) is 34.2. The molecule has 1 aromatic rings. The van der Waals surface area contributed by atoms with E-state index < -0.39 is 90.3 Å². The molecular formula is C35H48O10Si. The van der Waals surface area contributed by atoms with Crippen molar-refractivity contribution >= 4 is 32.0 Å². The van der Waals surface area contributed by atoms with Gasteiger partial charge in [0.25, 0.3) is 0 Å². The predicted octanol–water partition coefficient (Wildman–Crippen LogP) is 4.79. The first-order chi connectivity index (χ1) is 21.2. The van der Waals surface area contributed by atoms with Crippen LogP contribution in [-0.4, -0.2) is 79.3 Å². The number of ether oxygens (including phenoxy) is 4. The van der Waals surface area contributed by atoms with Crippen molar-refractivity contribution in [3.63, 3.8) is 0 Å². The van der Waals surface area contributed by atoms with Crippen molar-refractivity contribution < 1.29 is 47.7 Å². The molecule has 2 saturated carbocycles. The first-order valence-electron chi connectivity index (χ1n) is 16.1. The molecule has 9 atom stereocenters. The van der Waals surface area contributed by atoms with Crippen LogP contribution in [0, 0.1) is 22.7 Å². The second kappa shape index (κ2) is 11.4. The maximum Gasteiger partial charge on any atom is 0.338 e. The van der Waals surface area contributed by atoms with Crippen LogP contribution in [0.25, 0.3) is 0 Å². The van der Waals surface area contributed by atoms with Gasteiger partial charge in [-0.2, -0.15) is 0 Å². The van der Waals surface area contributed by atoms with E-state index in [4.69, 9.17) is 23.4 Å². The number of aliphatic hydroxyl groups is 1. The van der Waals surface area contributed by atoms with Crippen LogP contribution in [0.1, 0.15) is 71.7 Å². The quantitative estimate of drug-likeness (QED) is 0.197. The van der Waals surface area contributed by atoms with Crippen molar-refractivity contribution in [3.05, 3.63) is 47.0 Å². The zero-order valence-electron chi connectivity index (χ0n) is 28.6.